The Balaban J connectivity index is 2.05. The van der Waals surface area contributed by atoms with Crippen LogP contribution in [0.4, 0.5) is 10.5 Å². The predicted octanol–water partition coefficient (Wildman–Crippen LogP) is 2.99. The maximum atomic E-state index is 13.3. The maximum absolute atomic E-state index is 13.3. The van der Waals surface area contributed by atoms with Crippen LogP contribution in [-0.2, 0) is 4.79 Å². The van der Waals surface area contributed by atoms with Gasteiger partial charge in [0.2, 0.25) is 5.75 Å². The number of nitrogens with one attached hydrogen (secondary N) is 3. The number of carbonyl (C=O) groups is 2. The van der Waals surface area contributed by atoms with Gasteiger partial charge in [0.15, 0.2) is 11.5 Å². The number of hydrogen-bond donors (Lipinski definition) is 3. The van der Waals surface area contributed by atoms with E-state index in [9.17, 15) is 9.59 Å². The van der Waals surface area contributed by atoms with Gasteiger partial charge >= 0.3 is 6.03 Å². The van der Waals surface area contributed by atoms with Gasteiger partial charge in [0, 0.05) is 5.70 Å². The average Bonchev–Trinajstić information content (AvgIpc) is 2.77. The van der Waals surface area contributed by atoms with Crippen LogP contribution in [0.5, 0.6) is 23.0 Å². The second-order valence-electron chi connectivity index (χ2n) is 6.68. The van der Waals surface area contributed by atoms with Crippen molar-refractivity contribution in [2.45, 2.75) is 13.0 Å². The van der Waals surface area contributed by atoms with Crippen molar-refractivity contribution in [2.24, 2.45) is 0 Å². The van der Waals surface area contributed by atoms with Crippen molar-refractivity contribution in [1.82, 2.24) is 10.6 Å². The van der Waals surface area contributed by atoms with Crippen molar-refractivity contribution in [2.75, 3.05) is 33.8 Å². The van der Waals surface area contributed by atoms with E-state index in [1.54, 1.807) is 43.3 Å². The Kier molecular flexibility index (Phi) is 6.54. The Morgan fingerprint density at radius 2 is 1.55 bits per heavy atom. The van der Waals surface area contributed by atoms with Gasteiger partial charge in [-0.2, -0.15) is 0 Å². The molecule has 1 atom stereocenters. The fourth-order valence-electron chi connectivity index (χ4n) is 3.45. The number of rotatable bonds is 7. The predicted molar refractivity (Wildman–Crippen MR) is 115 cm³/mol. The largest absolute Gasteiger partial charge is 0.495 e. The molecule has 1 aliphatic rings. The van der Waals surface area contributed by atoms with E-state index < -0.39 is 18.0 Å². The molecule has 0 spiro atoms. The molecule has 0 saturated carbocycles. The molecule has 0 bridgehead atoms. The molecule has 2 aromatic rings. The summed E-state index contributed by atoms with van der Waals surface area (Å²) in [4.78, 5) is 25.5. The minimum absolute atomic E-state index is 0.333. The maximum Gasteiger partial charge on any atom is 0.319 e. The summed E-state index contributed by atoms with van der Waals surface area (Å²) >= 11 is 0. The van der Waals surface area contributed by atoms with Crippen molar-refractivity contribution in [3.05, 3.63) is 53.2 Å². The van der Waals surface area contributed by atoms with E-state index in [-0.39, 0.29) is 0 Å². The normalized spacial score (nSPS) is 15.5. The molecular formula is C22H25N3O6. The number of amides is 3. The first kappa shape index (κ1) is 21.8. The summed E-state index contributed by atoms with van der Waals surface area (Å²) in [5.41, 5.74) is 1.86. The highest BCUT2D eigenvalue weighted by molar-refractivity contribution is 6.07. The third kappa shape index (κ3) is 4.35. The van der Waals surface area contributed by atoms with E-state index >= 15 is 0 Å². The molecule has 31 heavy (non-hydrogen) atoms. The van der Waals surface area contributed by atoms with Crippen LogP contribution in [0, 0.1) is 0 Å². The summed E-state index contributed by atoms with van der Waals surface area (Å²) in [6.07, 6.45) is 0. The quantitative estimate of drug-likeness (QED) is 0.627. The molecule has 2 aromatic carbocycles. The molecule has 9 nitrogen and oxygen atoms in total. The van der Waals surface area contributed by atoms with E-state index in [0.29, 0.717) is 45.5 Å². The number of hydrogen-bond acceptors (Lipinski definition) is 6. The molecular weight excluding hydrogens is 402 g/mol. The lowest BCUT2D eigenvalue weighted by atomic mass is 9.94. The topological polar surface area (TPSA) is 107 Å². The molecule has 1 heterocycles. The lowest BCUT2D eigenvalue weighted by Gasteiger charge is -2.29. The van der Waals surface area contributed by atoms with Crippen LogP contribution in [-0.4, -0.2) is 40.4 Å². The first-order valence-corrected chi connectivity index (χ1v) is 9.46. The van der Waals surface area contributed by atoms with E-state index in [2.05, 4.69) is 16.0 Å². The van der Waals surface area contributed by atoms with Gasteiger partial charge in [0.05, 0.1) is 45.7 Å². The third-order valence-corrected chi connectivity index (χ3v) is 4.89. The first-order chi connectivity index (χ1) is 14.9. The Morgan fingerprint density at radius 3 is 2.13 bits per heavy atom. The lowest BCUT2D eigenvalue weighted by molar-refractivity contribution is -0.113. The van der Waals surface area contributed by atoms with Gasteiger partial charge in [-0.25, -0.2) is 4.79 Å². The highest BCUT2D eigenvalue weighted by Crippen LogP contribution is 2.41. The fraction of sp³-hybridized carbons (Fsp3) is 0.273. The summed E-state index contributed by atoms with van der Waals surface area (Å²) < 4.78 is 21.5. The molecule has 0 fully saturated rings. The van der Waals surface area contributed by atoms with E-state index in [4.69, 9.17) is 18.9 Å². The van der Waals surface area contributed by atoms with Crippen molar-refractivity contribution in [3.63, 3.8) is 0 Å². The summed E-state index contributed by atoms with van der Waals surface area (Å²) in [6, 6.07) is 9.28. The van der Waals surface area contributed by atoms with Gasteiger partial charge in [-0.15, -0.1) is 0 Å². The number of para-hydroxylation sites is 2. The van der Waals surface area contributed by atoms with Crippen molar-refractivity contribution in [1.29, 1.82) is 0 Å². The minimum Gasteiger partial charge on any atom is -0.495 e. The van der Waals surface area contributed by atoms with Gasteiger partial charge in [0.1, 0.15) is 5.75 Å². The Bertz CT molecular complexity index is 1010. The molecule has 9 heteroatoms. The number of methoxy groups -OCH3 is 4. The van der Waals surface area contributed by atoms with Crippen LogP contribution < -0.4 is 34.9 Å². The smallest absolute Gasteiger partial charge is 0.319 e. The summed E-state index contributed by atoms with van der Waals surface area (Å²) in [6.45, 7) is 1.67. The van der Waals surface area contributed by atoms with Gasteiger partial charge in [-0.05, 0) is 36.8 Å². The SMILES string of the molecule is COc1ccccc1NC(=O)C1=C(C)NC(=O)NC1c1cc(OC)c(OC)c(OC)c1. The van der Waals surface area contributed by atoms with Crippen LogP contribution in [0.1, 0.15) is 18.5 Å². The molecule has 0 aromatic heterocycles. The van der Waals surface area contributed by atoms with Gasteiger partial charge in [-0.3, -0.25) is 4.79 Å². The van der Waals surface area contributed by atoms with Crippen LogP contribution in [0.2, 0.25) is 0 Å². The van der Waals surface area contributed by atoms with Crippen molar-refractivity contribution >= 4 is 17.6 Å². The monoisotopic (exact) mass is 427 g/mol. The standard InChI is InChI=1S/C22H25N3O6/c1-12-18(21(26)24-14-8-6-7-9-15(14)28-2)19(25-22(27)23-12)13-10-16(29-3)20(31-5)17(11-13)30-4/h6-11,19H,1-5H3,(H,24,26)(H2,23,25,27). The molecule has 1 aliphatic heterocycles. The zero-order valence-corrected chi connectivity index (χ0v) is 18.0. The second-order valence-corrected chi connectivity index (χ2v) is 6.68. The summed E-state index contributed by atoms with van der Waals surface area (Å²) in [5.74, 6) is 1.35. The number of benzene rings is 2. The summed E-state index contributed by atoms with van der Waals surface area (Å²) in [5, 5.41) is 8.31. The van der Waals surface area contributed by atoms with Crippen molar-refractivity contribution < 1.29 is 28.5 Å². The van der Waals surface area contributed by atoms with Crippen LogP contribution >= 0.6 is 0 Å². The molecule has 164 valence electrons. The zero-order chi connectivity index (χ0) is 22.5. The van der Waals surface area contributed by atoms with Gasteiger partial charge in [0.25, 0.3) is 5.91 Å². The van der Waals surface area contributed by atoms with E-state index in [0.717, 1.165) is 0 Å². The molecule has 0 saturated heterocycles. The second kappa shape index (κ2) is 9.29. The minimum atomic E-state index is -0.753. The van der Waals surface area contributed by atoms with Crippen molar-refractivity contribution in [3.8, 4) is 23.0 Å². The van der Waals surface area contributed by atoms with E-state index in [1.807, 2.05) is 0 Å². The number of allylic oxidation sites excluding steroid dienone is 1. The number of anilines is 1. The lowest BCUT2D eigenvalue weighted by Crippen LogP contribution is -2.46. The molecule has 1 unspecified atom stereocenters. The molecule has 0 aliphatic carbocycles. The fourth-order valence-corrected chi connectivity index (χ4v) is 3.45. The van der Waals surface area contributed by atoms with E-state index in [1.165, 1.54) is 28.4 Å². The molecule has 0 radical (unpaired) electrons. The van der Waals surface area contributed by atoms with Crippen LogP contribution in [0.25, 0.3) is 0 Å². The average molecular weight is 427 g/mol. The molecule has 3 amide bonds. The highest BCUT2D eigenvalue weighted by Gasteiger charge is 2.33. The summed E-state index contributed by atoms with van der Waals surface area (Å²) in [7, 11) is 6.02. The van der Waals surface area contributed by atoms with Gasteiger partial charge < -0.3 is 34.9 Å². The zero-order valence-electron chi connectivity index (χ0n) is 18.0. The Morgan fingerprint density at radius 1 is 0.935 bits per heavy atom. The highest BCUT2D eigenvalue weighted by atomic mass is 16.5. The first-order valence-electron chi connectivity index (χ1n) is 9.46. The number of carbonyl (C=O) groups excluding carboxylic acids is 2. The number of urea groups is 1. The Labute approximate surface area is 180 Å². The number of ether oxygens (including phenoxy) is 4. The molecule has 3 N–H and O–H groups in total. The third-order valence-electron chi connectivity index (χ3n) is 4.89. The van der Waals surface area contributed by atoms with Crippen LogP contribution in [0.3, 0.4) is 0 Å². The van der Waals surface area contributed by atoms with Gasteiger partial charge in [-0.1, -0.05) is 12.1 Å². The van der Waals surface area contributed by atoms with Crippen LogP contribution in [0.15, 0.2) is 47.7 Å². The molecule has 3 rings (SSSR count). The Hall–Kier alpha value is -3.88.